The lowest BCUT2D eigenvalue weighted by Crippen LogP contribution is -2.57. The molecular weight excluding hydrogens is 221 g/mol. The summed E-state index contributed by atoms with van der Waals surface area (Å²) in [5.41, 5.74) is 0. The molecule has 3 atom stereocenters. The minimum atomic E-state index is -1.68. The number of alkyl halides is 1. The van der Waals surface area contributed by atoms with Gasteiger partial charge in [0, 0.05) is 0 Å². The summed E-state index contributed by atoms with van der Waals surface area (Å²) in [5, 5.41) is 9.50. The van der Waals surface area contributed by atoms with Crippen LogP contribution in [-0.4, -0.2) is 54.7 Å². The lowest BCUT2D eigenvalue weighted by molar-refractivity contribution is -0.158. The highest BCUT2D eigenvalue weighted by atomic mass is 19.1. The fraction of sp³-hybridized carbons (Fsp3) is 0.778. The molecule has 1 aliphatic heterocycles. The van der Waals surface area contributed by atoms with E-state index in [4.69, 9.17) is 0 Å². The van der Waals surface area contributed by atoms with E-state index in [2.05, 4.69) is 9.47 Å². The monoisotopic (exact) mass is 235 g/mol. The van der Waals surface area contributed by atoms with Crippen molar-refractivity contribution < 1.29 is 28.6 Å². The fourth-order valence-corrected chi connectivity index (χ4v) is 1.67. The normalized spacial score (nSPS) is 29.8. The molecule has 92 valence electrons. The van der Waals surface area contributed by atoms with Gasteiger partial charge in [0.05, 0.1) is 14.2 Å². The highest BCUT2D eigenvalue weighted by Crippen LogP contribution is 2.25. The van der Waals surface area contributed by atoms with E-state index in [1.165, 1.54) is 0 Å². The smallest absolute Gasteiger partial charge is 0.412 e. The van der Waals surface area contributed by atoms with E-state index < -0.39 is 30.5 Å². The van der Waals surface area contributed by atoms with Gasteiger partial charge >= 0.3 is 12.1 Å². The first-order valence-corrected chi connectivity index (χ1v) is 4.79. The number of nitrogens with zero attached hydrogens (tertiary/aromatic N) is 1. The maximum Gasteiger partial charge on any atom is 0.412 e. The standard InChI is InChI=1S/C9H14FNO5/c1-15-8(13)6-4-3-5(10)7(12)11(6)9(14)16-2/h5-7,12H,3-4H2,1-2H3/t5-,6+,7+/m1/s1. The predicted molar refractivity (Wildman–Crippen MR) is 50.2 cm³/mol. The van der Waals surface area contributed by atoms with Crippen LogP contribution >= 0.6 is 0 Å². The summed E-state index contributed by atoms with van der Waals surface area (Å²) < 4.78 is 22.1. The average molecular weight is 235 g/mol. The SMILES string of the molecule is COC(=O)[C@@H]1CC[C@@H](F)[C@H](O)N1C(=O)OC. The predicted octanol–water partition coefficient (Wildman–Crippen LogP) is 0.0467. The molecule has 0 unspecified atom stereocenters. The Balaban J connectivity index is 2.89. The van der Waals surface area contributed by atoms with E-state index in [1.54, 1.807) is 0 Å². The van der Waals surface area contributed by atoms with Crippen molar-refractivity contribution in [1.82, 2.24) is 4.90 Å². The second-order valence-electron chi connectivity index (χ2n) is 3.42. The van der Waals surface area contributed by atoms with Crippen LogP contribution in [0.5, 0.6) is 0 Å². The average Bonchev–Trinajstić information content (AvgIpc) is 2.30. The second kappa shape index (κ2) is 5.11. The topological polar surface area (TPSA) is 76.1 Å². The molecule has 0 aliphatic carbocycles. The summed E-state index contributed by atoms with van der Waals surface area (Å²) in [7, 11) is 2.25. The van der Waals surface area contributed by atoms with Gasteiger partial charge < -0.3 is 14.6 Å². The second-order valence-corrected chi connectivity index (χ2v) is 3.42. The maximum atomic E-state index is 13.2. The summed E-state index contributed by atoms with van der Waals surface area (Å²) in [6, 6.07) is -1.00. The largest absolute Gasteiger partial charge is 0.467 e. The zero-order valence-corrected chi connectivity index (χ0v) is 9.05. The molecule has 1 rings (SSSR count). The van der Waals surface area contributed by atoms with Gasteiger partial charge in [-0.3, -0.25) is 4.90 Å². The van der Waals surface area contributed by atoms with Gasteiger partial charge in [-0.1, -0.05) is 0 Å². The van der Waals surface area contributed by atoms with Crippen molar-refractivity contribution in [2.75, 3.05) is 14.2 Å². The number of methoxy groups -OCH3 is 2. The molecular formula is C9H14FNO5. The van der Waals surface area contributed by atoms with E-state index >= 15 is 0 Å². The van der Waals surface area contributed by atoms with Crippen LogP contribution in [0.2, 0.25) is 0 Å². The highest BCUT2D eigenvalue weighted by molar-refractivity contribution is 5.81. The van der Waals surface area contributed by atoms with Crippen molar-refractivity contribution in [3.63, 3.8) is 0 Å². The van der Waals surface area contributed by atoms with Gasteiger partial charge in [0.15, 0.2) is 6.23 Å². The Labute approximate surface area is 91.9 Å². The number of carbonyl (C=O) groups excluding carboxylic acids is 2. The van der Waals surface area contributed by atoms with Gasteiger partial charge in [0.1, 0.15) is 12.2 Å². The van der Waals surface area contributed by atoms with Crippen LogP contribution in [0.3, 0.4) is 0 Å². The molecule has 1 amide bonds. The van der Waals surface area contributed by atoms with Crippen molar-refractivity contribution in [2.45, 2.75) is 31.3 Å². The first-order chi connectivity index (χ1) is 7.52. The molecule has 0 saturated carbocycles. The van der Waals surface area contributed by atoms with E-state index in [-0.39, 0.29) is 12.8 Å². The van der Waals surface area contributed by atoms with Gasteiger partial charge in [-0.15, -0.1) is 0 Å². The third kappa shape index (κ3) is 2.24. The minimum Gasteiger partial charge on any atom is -0.467 e. The lowest BCUT2D eigenvalue weighted by atomic mass is 10.00. The van der Waals surface area contributed by atoms with Crippen molar-refractivity contribution in [3.8, 4) is 0 Å². The molecule has 1 heterocycles. The van der Waals surface area contributed by atoms with E-state index in [0.29, 0.717) is 4.90 Å². The summed E-state index contributed by atoms with van der Waals surface area (Å²) in [6.07, 6.45) is -4.12. The summed E-state index contributed by atoms with van der Waals surface area (Å²) in [6.45, 7) is 0. The van der Waals surface area contributed by atoms with E-state index in [0.717, 1.165) is 14.2 Å². The van der Waals surface area contributed by atoms with Gasteiger partial charge in [0.2, 0.25) is 0 Å². The number of aliphatic hydroxyl groups excluding tert-OH is 1. The van der Waals surface area contributed by atoms with Gasteiger partial charge in [-0.25, -0.2) is 14.0 Å². The number of ether oxygens (including phenoxy) is 2. The Morgan fingerprint density at radius 3 is 2.44 bits per heavy atom. The lowest BCUT2D eigenvalue weighted by Gasteiger charge is -2.38. The molecule has 16 heavy (non-hydrogen) atoms. The molecule has 0 aromatic carbocycles. The third-order valence-corrected chi connectivity index (χ3v) is 2.52. The Bertz CT molecular complexity index is 285. The maximum absolute atomic E-state index is 13.2. The van der Waals surface area contributed by atoms with Crippen LogP contribution in [-0.2, 0) is 14.3 Å². The molecule has 1 saturated heterocycles. The van der Waals surface area contributed by atoms with Crippen LogP contribution in [0.25, 0.3) is 0 Å². The first-order valence-electron chi connectivity index (χ1n) is 4.79. The molecule has 6 nitrogen and oxygen atoms in total. The van der Waals surface area contributed by atoms with Crippen molar-refractivity contribution in [1.29, 1.82) is 0 Å². The number of halogens is 1. The molecule has 0 bridgehead atoms. The zero-order valence-electron chi connectivity index (χ0n) is 9.05. The fourth-order valence-electron chi connectivity index (χ4n) is 1.67. The molecule has 1 fully saturated rings. The van der Waals surface area contributed by atoms with Crippen molar-refractivity contribution in [2.24, 2.45) is 0 Å². The quantitative estimate of drug-likeness (QED) is 0.650. The van der Waals surface area contributed by atoms with Gasteiger partial charge in [-0.2, -0.15) is 0 Å². The van der Waals surface area contributed by atoms with Gasteiger partial charge in [-0.05, 0) is 12.8 Å². The first kappa shape index (κ1) is 12.7. The highest BCUT2D eigenvalue weighted by Gasteiger charge is 2.43. The number of hydrogen-bond acceptors (Lipinski definition) is 5. The van der Waals surface area contributed by atoms with E-state index in [1.807, 2.05) is 0 Å². The van der Waals surface area contributed by atoms with Crippen molar-refractivity contribution >= 4 is 12.1 Å². The van der Waals surface area contributed by atoms with Crippen molar-refractivity contribution in [3.05, 3.63) is 0 Å². The molecule has 0 aromatic heterocycles. The molecule has 0 radical (unpaired) electrons. The summed E-state index contributed by atoms with van der Waals surface area (Å²) in [4.78, 5) is 23.3. The molecule has 7 heteroatoms. The van der Waals surface area contributed by atoms with Gasteiger partial charge in [0.25, 0.3) is 0 Å². The molecule has 0 spiro atoms. The Kier molecular flexibility index (Phi) is 4.05. The number of carbonyl (C=O) groups is 2. The summed E-state index contributed by atoms with van der Waals surface area (Å²) >= 11 is 0. The Morgan fingerprint density at radius 1 is 1.31 bits per heavy atom. The Hall–Kier alpha value is -1.37. The molecule has 1 aliphatic rings. The number of likely N-dealkylation sites (tertiary alicyclic amines) is 1. The number of aliphatic hydroxyl groups is 1. The third-order valence-electron chi connectivity index (χ3n) is 2.52. The van der Waals surface area contributed by atoms with Crippen LogP contribution in [0.4, 0.5) is 9.18 Å². The molecule has 0 aromatic rings. The van der Waals surface area contributed by atoms with Crippen LogP contribution in [0.1, 0.15) is 12.8 Å². The van der Waals surface area contributed by atoms with E-state index in [9.17, 15) is 19.1 Å². The minimum absolute atomic E-state index is 0.00553. The number of esters is 1. The van der Waals surface area contributed by atoms with Crippen LogP contribution < -0.4 is 0 Å². The number of piperidine rings is 1. The number of amides is 1. The summed E-state index contributed by atoms with van der Waals surface area (Å²) in [5.74, 6) is -0.698. The zero-order chi connectivity index (χ0) is 12.3. The Morgan fingerprint density at radius 2 is 1.94 bits per heavy atom. The molecule has 1 N–H and O–H groups in total. The van der Waals surface area contributed by atoms with Crippen LogP contribution in [0, 0.1) is 0 Å². The number of hydrogen-bond donors (Lipinski definition) is 1. The number of rotatable bonds is 1. The van der Waals surface area contributed by atoms with Crippen LogP contribution in [0.15, 0.2) is 0 Å².